The number of carbonyl (C=O) groups is 2. The Morgan fingerprint density at radius 2 is 1.83 bits per heavy atom. The lowest BCUT2D eigenvalue weighted by Crippen LogP contribution is -2.45. The Hall–Kier alpha value is -1.36. The average molecular weight is 257 g/mol. The summed E-state index contributed by atoms with van der Waals surface area (Å²) in [5, 5.41) is 0. The van der Waals surface area contributed by atoms with Crippen LogP contribution in [0.3, 0.4) is 0 Å². The molecule has 0 aromatic carbocycles. The van der Waals surface area contributed by atoms with Crippen LogP contribution >= 0.6 is 0 Å². The third kappa shape index (κ3) is 5.82. The Morgan fingerprint density at radius 3 is 2.28 bits per heavy atom. The number of rotatable bonds is 9. The summed E-state index contributed by atoms with van der Waals surface area (Å²) in [4.78, 5) is 25.0. The third-order valence-electron chi connectivity index (χ3n) is 2.39. The van der Waals surface area contributed by atoms with Gasteiger partial charge in [0, 0.05) is 6.54 Å². The molecule has 1 unspecified atom stereocenters. The van der Waals surface area contributed by atoms with Crippen molar-refractivity contribution in [2.75, 3.05) is 26.3 Å². The van der Waals surface area contributed by atoms with Gasteiger partial charge in [0.1, 0.15) is 6.04 Å². The first kappa shape index (κ1) is 16.6. The van der Waals surface area contributed by atoms with Gasteiger partial charge >= 0.3 is 11.9 Å². The maximum Gasteiger partial charge on any atom is 0.323 e. The van der Waals surface area contributed by atoms with E-state index in [-0.39, 0.29) is 18.5 Å². The van der Waals surface area contributed by atoms with Crippen LogP contribution in [0.5, 0.6) is 0 Å². The van der Waals surface area contributed by atoms with E-state index >= 15 is 0 Å². The van der Waals surface area contributed by atoms with Crippen molar-refractivity contribution in [3.8, 4) is 0 Å². The number of hydrogen-bond acceptors (Lipinski definition) is 5. The minimum Gasteiger partial charge on any atom is -0.465 e. The van der Waals surface area contributed by atoms with E-state index in [0.29, 0.717) is 26.2 Å². The SMILES string of the molecule is C=CCN(CC(=O)OCC)C(CC)C(=O)OCC. The average Bonchev–Trinajstić information content (AvgIpc) is 2.30. The molecule has 0 saturated heterocycles. The molecule has 0 heterocycles. The van der Waals surface area contributed by atoms with Gasteiger partial charge in [-0.2, -0.15) is 0 Å². The van der Waals surface area contributed by atoms with Crippen molar-refractivity contribution in [3.63, 3.8) is 0 Å². The van der Waals surface area contributed by atoms with E-state index in [1.807, 2.05) is 6.92 Å². The van der Waals surface area contributed by atoms with E-state index in [2.05, 4.69) is 6.58 Å². The number of ether oxygens (including phenoxy) is 2. The van der Waals surface area contributed by atoms with Gasteiger partial charge in [-0.25, -0.2) is 0 Å². The summed E-state index contributed by atoms with van der Waals surface area (Å²) >= 11 is 0. The largest absolute Gasteiger partial charge is 0.465 e. The molecule has 0 N–H and O–H groups in total. The van der Waals surface area contributed by atoms with Gasteiger partial charge in [-0.1, -0.05) is 13.0 Å². The fraction of sp³-hybridized carbons (Fsp3) is 0.692. The summed E-state index contributed by atoms with van der Waals surface area (Å²) in [5.41, 5.74) is 0. The van der Waals surface area contributed by atoms with E-state index in [1.54, 1.807) is 24.8 Å². The van der Waals surface area contributed by atoms with Crippen molar-refractivity contribution < 1.29 is 19.1 Å². The Balaban J connectivity index is 4.65. The molecule has 104 valence electrons. The highest BCUT2D eigenvalue weighted by Gasteiger charge is 2.26. The minimum absolute atomic E-state index is 0.0666. The second kappa shape index (κ2) is 9.65. The van der Waals surface area contributed by atoms with Gasteiger partial charge in [0.15, 0.2) is 0 Å². The standard InChI is InChI=1S/C13H23NO4/c1-5-9-14(10-12(15)17-7-3)11(6-2)13(16)18-8-4/h5,11H,1,6-10H2,2-4H3. The topological polar surface area (TPSA) is 55.8 Å². The predicted octanol–water partition coefficient (Wildman–Crippen LogP) is 1.38. The van der Waals surface area contributed by atoms with E-state index in [0.717, 1.165) is 0 Å². The van der Waals surface area contributed by atoms with Crippen molar-refractivity contribution in [1.82, 2.24) is 4.90 Å². The zero-order valence-corrected chi connectivity index (χ0v) is 11.5. The number of esters is 2. The molecule has 0 aliphatic carbocycles. The second-order valence-electron chi connectivity index (χ2n) is 3.70. The molecule has 0 saturated carbocycles. The quantitative estimate of drug-likeness (QED) is 0.461. The summed E-state index contributed by atoms with van der Waals surface area (Å²) < 4.78 is 9.88. The smallest absolute Gasteiger partial charge is 0.323 e. The maximum absolute atomic E-state index is 11.8. The number of nitrogens with zero attached hydrogens (tertiary/aromatic N) is 1. The molecule has 5 nitrogen and oxygen atoms in total. The van der Waals surface area contributed by atoms with Gasteiger partial charge in [0.05, 0.1) is 19.8 Å². The first-order valence-electron chi connectivity index (χ1n) is 6.27. The van der Waals surface area contributed by atoms with Crippen LogP contribution in [0.4, 0.5) is 0 Å². The van der Waals surface area contributed by atoms with Crippen LogP contribution in [0.2, 0.25) is 0 Å². The molecular weight excluding hydrogens is 234 g/mol. The summed E-state index contributed by atoms with van der Waals surface area (Å²) in [6, 6.07) is -0.438. The molecule has 18 heavy (non-hydrogen) atoms. The van der Waals surface area contributed by atoms with Crippen molar-refractivity contribution in [2.45, 2.75) is 33.2 Å². The molecule has 0 aromatic rings. The predicted molar refractivity (Wildman–Crippen MR) is 69.1 cm³/mol. The van der Waals surface area contributed by atoms with Crippen LogP contribution < -0.4 is 0 Å². The molecule has 0 aliphatic heterocycles. The summed E-state index contributed by atoms with van der Waals surface area (Å²) in [6.07, 6.45) is 2.23. The van der Waals surface area contributed by atoms with Crippen LogP contribution in [-0.4, -0.2) is 49.2 Å². The van der Waals surface area contributed by atoms with Crippen LogP contribution in [0.25, 0.3) is 0 Å². The van der Waals surface area contributed by atoms with E-state index < -0.39 is 6.04 Å². The second-order valence-corrected chi connectivity index (χ2v) is 3.70. The Morgan fingerprint density at radius 1 is 1.22 bits per heavy atom. The van der Waals surface area contributed by atoms with Crippen LogP contribution in [0.1, 0.15) is 27.2 Å². The lowest BCUT2D eigenvalue weighted by atomic mass is 10.2. The van der Waals surface area contributed by atoms with E-state index in [1.165, 1.54) is 0 Å². The van der Waals surface area contributed by atoms with Crippen LogP contribution in [0, 0.1) is 0 Å². The lowest BCUT2D eigenvalue weighted by molar-refractivity contribution is -0.152. The molecule has 1 atom stereocenters. The van der Waals surface area contributed by atoms with Crippen LogP contribution in [0.15, 0.2) is 12.7 Å². The molecule has 0 bridgehead atoms. The first-order valence-corrected chi connectivity index (χ1v) is 6.27. The molecule has 0 spiro atoms. The summed E-state index contributed by atoms with van der Waals surface area (Å²) in [5.74, 6) is -0.659. The van der Waals surface area contributed by atoms with Gasteiger partial charge < -0.3 is 9.47 Å². The Kier molecular flexibility index (Phi) is 8.92. The Bertz CT molecular complexity index is 278. The van der Waals surface area contributed by atoms with Crippen molar-refractivity contribution in [3.05, 3.63) is 12.7 Å². The van der Waals surface area contributed by atoms with Gasteiger partial charge in [0.2, 0.25) is 0 Å². The van der Waals surface area contributed by atoms with Gasteiger partial charge in [-0.3, -0.25) is 14.5 Å². The monoisotopic (exact) mass is 257 g/mol. The molecule has 0 amide bonds. The lowest BCUT2D eigenvalue weighted by Gasteiger charge is -2.27. The van der Waals surface area contributed by atoms with Crippen LogP contribution in [-0.2, 0) is 19.1 Å². The zero-order valence-electron chi connectivity index (χ0n) is 11.5. The molecule has 0 radical (unpaired) electrons. The number of carbonyl (C=O) groups excluding carboxylic acids is 2. The maximum atomic E-state index is 11.8. The normalized spacial score (nSPS) is 12.0. The van der Waals surface area contributed by atoms with Gasteiger partial charge in [-0.15, -0.1) is 6.58 Å². The van der Waals surface area contributed by atoms with Crippen molar-refractivity contribution in [2.24, 2.45) is 0 Å². The molecular formula is C13H23NO4. The third-order valence-corrected chi connectivity index (χ3v) is 2.39. The molecule has 0 rings (SSSR count). The fourth-order valence-corrected chi connectivity index (χ4v) is 1.65. The van der Waals surface area contributed by atoms with E-state index in [9.17, 15) is 9.59 Å². The molecule has 5 heteroatoms. The van der Waals surface area contributed by atoms with Gasteiger partial charge in [-0.05, 0) is 20.3 Å². The zero-order chi connectivity index (χ0) is 14.0. The van der Waals surface area contributed by atoms with E-state index in [4.69, 9.17) is 9.47 Å². The summed E-state index contributed by atoms with van der Waals surface area (Å²) in [7, 11) is 0. The molecule has 0 aliphatic rings. The highest BCUT2D eigenvalue weighted by molar-refractivity contribution is 5.77. The Labute approximate surface area is 109 Å². The number of hydrogen-bond donors (Lipinski definition) is 0. The van der Waals surface area contributed by atoms with Crippen molar-refractivity contribution >= 4 is 11.9 Å². The first-order chi connectivity index (χ1) is 8.60. The van der Waals surface area contributed by atoms with Crippen molar-refractivity contribution in [1.29, 1.82) is 0 Å². The highest BCUT2D eigenvalue weighted by Crippen LogP contribution is 2.07. The summed E-state index contributed by atoms with van der Waals surface area (Å²) in [6.45, 7) is 10.2. The molecule has 0 aromatic heterocycles. The highest BCUT2D eigenvalue weighted by atomic mass is 16.5. The minimum atomic E-state index is -0.438. The molecule has 0 fully saturated rings. The van der Waals surface area contributed by atoms with Gasteiger partial charge in [0.25, 0.3) is 0 Å². The fourth-order valence-electron chi connectivity index (χ4n) is 1.65.